The van der Waals surface area contributed by atoms with Crippen LogP contribution in [0.5, 0.6) is 0 Å². The first-order valence-electron chi connectivity index (χ1n) is 6.73. The summed E-state index contributed by atoms with van der Waals surface area (Å²) >= 11 is 0. The lowest BCUT2D eigenvalue weighted by Crippen LogP contribution is -2.38. The zero-order chi connectivity index (χ0) is 12.5. The van der Waals surface area contributed by atoms with Crippen molar-refractivity contribution in [3.63, 3.8) is 0 Å². The van der Waals surface area contributed by atoms with Crippen LogP contribution in [0.25, 0.3) is 0 Å². The highest BCUT2D eigenvalue weighted by atomic mass is 16.5. The molecular weight excluding hydrogens is 216 g/mol. The van der Waals surface area contributed by atoms with Gasteiger partial charge in [0.25, 0.3) is 0 Å². The molecule has 0 aromatic heterocycles. The summed E-state index contributed by atoms with van der Waals surface area (Å²) in [5.41, 5.74) is 0. The fourth-order valence-corrected chi connectivity index (χ4v) is 1.92. The van der Waals surface area contributed by atoms with Crippen LogP contribution in [0.2, 0.25) is 0 Å². The second-order valence-electron chi connectivity index (χ2n) is 5.25. The molecule has 2 N–H and O–H groups in total. The minimum atomic E-state index is 0.0994. The average Bonchev–Trinajstić information content (AvgIpc) is 2.30. The molecule has 1 aliphatic rings. The number of amides is 1. The van der Waals surface area contributed by atoms with Gasteiger partial charge in [-0.15, -0.1) is 0 Å². The Bertz CT molecular complexity index is 213. The normalized spacial score (nSPS) is 20.5. The summed E-state index contributed by atoms with van der Waals surface area (Å²) in [6.07, 6.45) is 3.40. The van der Waals surface area contributed by atoms with Gasteiger partial charge >= 0.3 is 0 Å². The number of hydrogen-bond donors (Lipinski definition) is 2. The highest BCUT2D eigenvalue weighted by Crippen LogP contribution is 2.11. The molecule has 0 saturated carbocycles. The van der Waals surface area contributed by atoms with Crippen LogP contribution in [-0.4, -0.2) is 38.8 Å². The van der Waals surface area contributed by atoms with Crippen LogP contribution in [-0.2, 0) is 9.53 Å². The van der Waals surface area contributed by atoms with E-state index >= 15 is 0 Å². The Labute approximate surface area is 104 Å². The third-order valence-electron chi connectivity index (χ3n) is 3.02. The van der Waals surface area contributed by atoms with E-state index in [9.17, 15) is 4.79 Å². The standard InChI is InChI=1S/C13H26N2O2/c1-11(2)5-6-15-13(16)9-14-8-12-4-3-7-17-10-12/h11-12,14H,3-10H2,1-2H3,(H,15,16). The molecule has 1 aliphatic heterocycles. The molecule has 0 spiro atoms. The summed E-state index contributed by atoms with van der Waals surface area (Å²) in [5, 5.41) is 6.12. The Morgan fingerprint density at radius 1 is 1.47 bits per heavy atom. The van der Waals surface area contributed by atoms with Crippen LogP contribution < -0.4 is 10.6 Å². The molecule has 17 heavy (non-hydrogen) atoms. The van der Waals surface area contributed by atoms with Crippen molar-refractivity contribution in [2.75, 3.05) is 32.8 Å². The second kappa shape index (κ2) is 8.48. The molecule has 0 aromatic rings. The minimum absolute atomic E-state index is 0.0994. The molecule has 1 saturated heterocycles. The van der Waals surface area contributed by atoms with Gasteiger partial charge in [0.2, 0.25) is 5.91 Å². The Balaban J connectivity index is 1.95. The Morgan fingerprint density at radius 3 is 2.94 bits per heavy atom. The van der Waals surface area contributed by atoms with Gasteiger partial charge < -0.3 is 15.4 Å². The number of rotatable bonds is 7. The lowest BCUT2D eigenvalue weighted by molar-refractivity contribution is -0.120. The van der Waals surface area contributed by atoms with E-state index in [2.05, 4.69) is 24.5 Å². The van der Waals surface area contributed by atoms with Gasteiger partial charge in [0.1, 0.15) is 0 Å². The summed E-state index contributed by atoms with van der Waals surface area (Å²) in [4.78, 5) is 11.5. The van der Waals surface area contributed by atoms with Gasteiger partial charge in [0.15, 0.2) is 0 Å². The second-order valence-corrected chi connectivity index (χ2v) is 5.25. The molecule has 0 radical (unpaired) electrons. The van der Waals surface area contributed by atoms with E-state index in [1.165, 1.54) is 6.42 Å². The van der Waals surface area contributed by atoms with Crippen LogP contribution >= 0.6 is 0 Å². The van der Waals surface area contributed by atoms with Gasteiger partial charge in [-0.2, -0.15) is 0 Å². The monoisotopic (exact) mass is 242 g/mol. The van der Waals surface area contributed by atoms with Gasteiger partial charge in [-0.25, -0.2) is 0 Å². The molecule has 4 heteroatoms. The molecule has 0 aromatic carbocycles. The largest absolute Gasteiger partial charge is 0.381 e. The predicted molar refractivity (Wildman–Crippen MR) is 68.9 cm³/mol. The van der Waals surface area contributed by atoms with Crippen LogP contribution in [0, 0.1) is 11.8 Å². The van der Waals surface area contributed by atoms with Crippen molar-refractivity contribution in [3.8, 4) is 0 Å². The lowest BCUT2D eigenvalue weighted by atomic mass is 10.0. The van der Waals surface area contributed by atoms with Crippen LogP contribution in [0.4, 0.5) is 0 Å². The molecule has 1 fully saturated rings. The van der Waals surface area contributed by atoms with Gasteiger partial charge in [-0.1, -0.05) is 13.8 Å². The first-order chi connectivity index (χ1) is 8.18. The first-order valence-corrected chi connectivity index (χ1v) is 6.73. The van der Waals surface area contributed by atoms with E-state index in [4.69, 9.17) is 4.74 Å². The molecule has 100 valence electrons. The third-order valence-corrected chi connectivity index (χ3v) is 3.02. The Morgan fingerprint density at radius 2 is 2.29 bits per heavy atom. The summed E-state index contributed by atoms with van der Waals surface area (Å²) in [5.74, 6) is 1.32. The quantitative estimate of drug-likeness (QED) is 0.704. The smallest absolute Gasteiger partial charge is 0.233 e. The molecule has 1 heterocycles. The molecule has 0 aliphatic carbocycles. The SMILES string of the molecule is CC(C)CCNC(=O)CNCC1CCCOC1. The molecule has 1 amide bonds. The topological polar surface area (TPSA) is 50.4 Å². The van der Waals surface area contributed by atoms with Crippen LogP contribution in [0.15, 0.2) is 0 Å². The van der Waals surface area contributed by atoms with Crippen LogP contribution in [0.1, 0.15) is 33.1 Å². The van der Waals surface area contributed by atoms with E-state index in [1.54, 1.807) is 0 Å². The number of ether oxygens (including phenoxy) is 1. The lowest BCUT2D eigenvalue weighted by Gasteiger charge is -2.22. The number of hydrogen-bond acceptors (Lipinski definition) is 3. The molecule has 1 unspecified atom stereocenters. The Hall–Kier alpha value is -0.610. The maximum Gasteiger partial charge on any atom is 0.233 e. The zero-order valence-electron chi connectivity index (χ0n) is 11.1. The number of nitrogens with one attached hydrogen (secondary N) is 2. The van der Waals surface area contributed by atoms with Gasteiger partial charge in [-0.05, 0) is 31.1 Å². The fourth-order valence-electron chi connectivity index (χ4n) is 1.92. The van der Waals surface area contributed by atoms with Crippen molar-refractivity contribution < 1.29 is 9.53 Å². The predicted octanol–water partition coefficient (Wildman–Crippen LogP) is 1.16. The van der Waals surface area contributed by atoms with E-state index in [0.717, 1.165) is 39.1 Å². The fraction of sp³-hybridized carbons (Fsp3) is 0.923. The molecular formula is C13H26N2O2. The summed E-state index contributed by atoms with van der Waals surface area (Å²) in [6, 6.07) is 0. The minimum Gasteiger partial charge on any atom is -0.381 e. The Kier molecular flexibility index (Phi) is 7.21. The first kappa shape index (κ1) is 14.5. The van der Waals surface area contributed by atoms with E-state index < -0.39 is 0 Å². The highest BCUT2D eigenvalue weighted by molar-refractivity contribution is 5.77. The maximum atomic E-state index is 11.5. The molecule has 1 rings (SSSR count). The van der Waals surface area contributed by atoms with Crippen molar-refractivity contribution in [1.82, 2.24) is 10.6 Å². The van der Waals surface area contributed by atoms with Gasteiger partial charge in [0, 0.05) is 19.7 Å². The van der Waals surface area contributed by atoms with E-state index in [1.807, 2.05) is 0 Å². The van der Waals surface area contributed by atoms with E-state index in [-0.39, 0.29) is 5.91 Å². The van der Waals surface area contributed by atoms with Gasteiger partial charge in [0.05, 0.1) is 13.2 Å². The number of carbonyl (C=O) groups is 1. The molecule has 0 bridgehead atoms. The van der Waals surface area contributed by atoms with Crippen molar-refractivity contribution in [2.24, 2.45) is 11.8 Å². The molecule has 4 nitrogen and oxygen atoms in total. The zero-order valence-corrected chi connectivity index (χ0v) is 11.1. The third kappa shape index (κ3) is 7.34. The summed E-state index contributed by atoms with van der Waals surface area (Å²) in [6.45, 7) is 8.14. The summed E-state index contributed by atoms with van der Waals surface area (Å²) in [7, 11) is 0. The van der Waals surface area contributed by atoms with E-state index in [0.29, 0.717) is 18.4 Å². The summed E-state index contributed by atoms with van der Waals surface area (Å²) < 4.78 is 5.39. The van der Waals surface area contributed by atoms with Crippen LogP contribution in [0.3, 0.4) is 0 Å². The van der Waals surface area contributed by atoms with Crippen molar-refractivity contribution in [2.45, 2.75) is 33.1 Å². The molecule has 1 atom stereocenters. The maximum absolute atomic E-state index is 11.5. The van der Waals surface area contributed by atoms with Gasteiger partial charge in [-0.3, -0.25) is 4.79 Å². The average molecular weight is 242 g/mol. The highest BCUT2D eigenvalue weighted by Gasteiger charge is 2.13. The van der Waals surface area contributed by atoms with Crippen molar-refractivity contribution >= 4 is 5.91 Å². The van der Waals surface area contributed by atoms with Crippen molar-refractivity contribution in [3.05, 3.63) is 0 Å². The van der Waals surface area contributed by atoms with Crippen molar-refractivity contribution in [1.29, 1.82) is 0 Å². The number of carbonyl (C=O) groups excluding carboxylic acids is 1.